The van der Waals surface area contributed by atoms with Gasteiger partial charge in [0.15, 0.2) is 5.82 Å². The Morgan fingerprint density at radius 1 is 1.35 bits per heavy atom. The maximum absolute atomic E-state index is 14.0. The van der Waals surface area contributed by atoms with E-state index in [0.717, 1.165) is 18.3 Å². The number of halogens is 2. The van der Waals surface area contributed by atoms with Crippen LogP contribution in [0.2, 0.25) is 5.02 Å². The van der Waals surface area contributed by atoms with E-state index >= 15 is 0 Å². The van der Waals surface area contributed by atoms with E-state index in [0.29, 0.717) is 12.2 Å². The van der Waals surface area contributed by atoms with Crippen LogP contribution in [0.15, 0.2) is 6.07 Å². The monoisotopic (exact) mass is 299 g/mol. The van der Waals surface area contributed by atoms with Gasteiger partial charge < -0.3 is 16.8 Å². The first-order valence-corrected chi connectivity index (χ1v) is 7.63. The number of nitrogens with two attached hydrogens (primary N) is 2. The van der Waals surface area contributed by atoms with Gasteiger partial charge in [0.25, 0.3) is 0 Å². The minimum atomic E-state index is -0.554. The standard InChI is InChI=1S/C15H23ClFN3/c1-9-3-2-4-10(7-9)5-6-20-15-12(19)8-11(18)13(16)14(15)17/h8-10,20H,2-7,18-19H2,1H3. The molecule has 1 aliphatic carbocycles. The molecule has 3 nitrogen and oxygen atoms in total. The number of rotatable bonds is 4. The number of hydrogen-bond donors (Lipinski definition) is 3. The highest BCUT2D eigenvalue weighted by Crippen LogP contribution is 2.34. The van der Waals surface area contributed by atoms with Crippen molar-refractivity contribution in [2.75, 3.05) is 23.3 Å². The minimum absolute atomic E-state index is 0.0620. The van der Waals surface area contributed by atoms with Crippen molar-refractivity contribution in [1.82, 2.24) is 0 Å². The average Bonchev–Trinajstić information content (AvgIpc) is 2.40. The first-order valence-electron chi connectivity index (χ1n) is 7.25. The van der Waals surface area contributed by atoms with Crippen LogP contribution in [0, 0.1) is 17.7 Å². The van der Waals surface area contributed by atoms with E-state index < -0.39 is 5.82 Å². The van der Waals surface area contributed by atoms with E-state index in [1.807, 2.05) is 0 Å². The predicted octanol–water partition coefficient (Wildman–Crippen LogP) is 4.27. The van der Waals surface area contributed by atoms with Gasteiger partial charge in [-0.25, -0.2) is 4.39 Å². The lowest BCUT2D eigenvalue weighted by Crippen LogP contribution is -2.17. The van der Waals surface area contributed by atoms with E-state index in [2.05, 4.69) is 12.2 Å². The van der Waals surface area contributed by atoms with E-state index in [1.54, 1.807) is 0 Å². The van der Waals surface area contributed by atoms with Gasteiger partial charge in [0, 0.05) is 6.54 Å². The van der Waals surface area contributed by atoms with Gasteiger partial charge in [0.2, 0.25) is 0 Å². The Hall–Kier alpha value is -1.16. The first kappa shape index (κ1) is 15.2. The van der Waals surface area contributed by atoms with E-state index in [1.165, 1.54) is 31.7 Å². The van der Waals surface area contributed by atoms with Crippen LogP contribution in [0.25, 0.3) is 0 Å². The van der Waals surface area contributed by atoms with Crippen molar-refractivity contribution in [2.45, 2.75) is 39.0 Å². The van der Waals surface area contributed by atoms with Gasteiger partial charge in [-0.05, 0) is 30.7 Å². The Balaban J connectivity index is 1.93. The molecular weight excluding hydrogens is 277 g/mol. The van der Waals surface area contributed by atoms with Crippen molar-refractivity contribution < 1.29 is 4.39 Å². The van der Waals surface area contributed by atoms with Gasteiger partial charge in [0.05, 0.1) is 17.1 Å². The maximum Gasteiger partial charge on any atom is 0.169 e. The molecule has 0 aliphatic heterocycles. The van der Waals surface area contributed by atoms with E-state index in [4.69, 9.17) is 23.1 Å². The molecule has 0 spiro atoms. The summed E-state index contributed by atoms with van der Waals surface area (Å²) in [6, 6.07) is 1.50. The Morgan fingerprint density at radius 2 is 2.10 bits per heavy atom. The van der Waals surface area contributed by atoms with Crippen LogP contribution in [-0.4, -0.2) is 6.54 Å². The van der Waals surface area contributed by atoms with Crippen molar-refractivity contribution in [1.29, 1.82) is 0 Å². The van der Waals surface area contributed by atoms with Crippen molar-refractivity contribution in [3.63, 3.8) is 0 Å². The third-order valence-electron chi connectivity index (χ3n) is 4.16. The lowest BCUT2D eigenvalue weighted by atomic mass is 9.81. The van der Waals surface area contributed by atoms with Crippen LogP contribution < -0.4 is 16.8 Å². The van der Waals surface area contributed by atoms with Crippen LogP contribution in [0.5, 0.6) is 0 Å². The maximum atomic E-state index is 14.0. The molecule has 0 bridgehead atoms. The summed E-state index contributed by atoms with van der Waals surface area (Å²) in [5.74, 6) is 0.975. The average molecular weight is 300 g/mol. The highest BCUT2D eigenvalue weighted by molar-refractivity contribution is 6.33. The summed E-state index contributed by atoms with van der Waals surface area (Å²) in [6.45, 7) is 3.01. The zero-order chi connectivity index (χ0) is 14.7. The molecule has 0 amide bonds. The van der Waals surface area contributed by atoms with E-state index in [-0.39, 0.29) is 16.4 Å². The van der Waals surface area contributed by atoms with Crippen LogP contribution in [-0.2, 0) is 0 Å². The fourth-order valence-electron chi connectivity index (χ4n) is 3.07. The van der Waals surface area contributed by atoms with Crippen molar-refractivity contribution >= 4 is 28.7 Å². The highest BCUT2D eigenvalue weighted by Gasteiger charge is 2.19. The summed E-state index contributed by atoms with van der Waals surface area (Å²) in [4.78, 5) is 0. The molecule has 2 unspecified atom stereocenters. The third-order valence-corrected chi connectivity index (χ3v) is 4.55. The second-order valence-electron chi connectivity index (χ2n) is 5.91. The molecule has 0 heterocycles. The summed E-state index contributed by atoms with van der Waals surface area (Å²) in [5.41, 5.74) is 12.1. The molecule has 0 saturated heterocycles. The molecule has 0 radical (unpaired) electrons. The number of hydrogen-bond acceptors (Lipinski definition) is 3. The number of nitrogen functional groups attached to an aromatic ring is 2. The van der Waals surface area contributed by atoms with Gasteiger partial charge >= 0.3 is 0 Å². The Morgan fingerprint density at radius 3 is 2.80 bits per heavy atom. The van der Waals surface area contributed by atoms with Crippen molar-refractivity contribution in [2.24, 2.45) is 11.8 Å². The number of nitrogens with one attached hydrogen (secondary N) is 1. The molecule has 1 saturated carbocycles. The topological polar surface area (TPSA) is 64.1 Å². The highest BCUT2D eigenvalue weighted by atomic mass is 35.5. The fourth-order valence-corrected chi connectivity index (χ4v) is 3.22. The van der Waals surface area contributed by atoms with E-state index in [9.17, 15) is 4.39 Å². The molecular formula is C15H23ClFN3. The zero-order valence-corrected chi connectivity index (χ0v) is 12.6. The predicted molar refractivity (Wildman–Crippen MR) is 84.5 cm³/mol. The van der Waals surface area contributed by atoms with Gasteiger partial charge in [-0.2, -0.15) is 0 Å². The summed E-state index contributed by atoms with van der Waals surface area (Å²) in [6.07, 6.45) is 6.20. The van der Waals surface area contributed by atoms with Crippen molar-refractivity contribution in [3.8, 4) is 0 Å². The molecule has 5 heteroatoms. The Kier molecular flexibility index (Phi) is 4.97. The van der Waals surface area contributed by atoms with Crippen LogP contribution >= 0.6 is 11.6 Å². The molecule has 1 aromatic rings. The molecule has 20 heavy (non-hydrogen) atoms. The Labute approximate surface area is 124 Å². The summed E-state index contributed by atoms with van der Waals surface area (Å²) < 4.78 is 14.0. The molecule has 1 aromatic carbocycles. The van der Waals surface area contributed by atoms with Gasteiger partial charge in [-0.1, -0.05) is 37.8 Å². The van der Waals surface area contributed by atoms with Gasteiger partial charge in [0.1, 0.15) is 5.02 Å². The molecule has 2 atom stereocenters. The Bertz CT molecular complexity index is 479. The lowest BCUT2D eigenvalue weighted by Gasteiger charge is -2.27. The summed E-state index contributed by atoms with van der Waals surface area (Å²) in [5, 5.41) is 3.01. The largest absolute Gasteiger partial charge is 0.397 e. The van der Waals surface area contributed by atoms with Crippen LogP contribution in [0.1, 0.15) is 39.0 Å². The molecule has 112 valence electrons. The first-order chi connectivity index (χ1) is 9.49. The smallest absolute Gasteiger partial charge is 0.169 e. The quantitative estimate of drug-likeness (QED) is 0.727. The van der Waals surface area contributed by atoms with Crippen molar-refractivity contribution in [3.05, 3.63) is 16.9 Å². The SMILES string of the molecule is CC1CCCC(CCNc2c(N)cc(N)c(Cl)c2F)C1. The summed E-state index contributed by atoms with van der Waals surface area (Å²) in [7, 11) is 0. The third kappa shape index (κ3) is 3.48. The van der Waals surface area contributed by atoms with Gasteiger partial charge in [-0.3, -0.25) is 0 Å². The zero-order valence-electron chi connectivity index (χ0n) is 11.9. The fraction of sp³-hybridized carbons (Fsp3) is 0.600. The molecule has 0 aromatic heterocycles. The second kappa shape index (κ2) is 6.53. The lowest BCUT2D eigenvalue weighted by molar-refractivity contribution is 0.274. The normalized spacial score (nSPS) is 22.8. The van der Waals surface area contributed by atoms with Crippen LogP contribution in [0.4, 0.5) is 21.5 Å². The second-order valence-corrected chi connectivity index (χ2v) is 6.29. The summed E-state index contributed by atoms with van der Waals surface area (Å²) >= 11 is 5.81. The minimum Gasteiger partial charge on any atom is -0.397 e. The molecule has 5 N–H and O–H groups in total. The number of anilines is 3. The molecule has 1 fully saturated rings. The molecule has 1 aliphatic rings. The van der Waals surface area contributed by atoms with Crippen LogP contribution in [0.3, 0.4) is 0 Å². The number of benzene rings is 1. The molecule has 2 rings (SSSR count). The van der Waals surface area contributed by atoms with Gasteiger partial charge in [-0.15, -0.1) is 0 Å².